The molecule has 2 N–H and O–H groups in total. The molecule has 1 saturated heterocycles. The van der Waals surface area contributed by atoms with Crippen LogP contribution in [0, 0.1) is 0 Å². The number of nitrogens with zero attached hydrogens (tertiary/aromatic N) is 1. The van der Waals surface area contributed by atoms with Crippen LogP contribution in [-0.2, 0) is 15.3 Å². The summed E-state index contributed by atoms with van der Waals surface area (Å²) in [6, 6.07) is 3.25. The quantitative estimate of drug-likeness (QED) is 0.610. The lowest BCUT2D eigenvalue weighted by Gasteiger charge is -2.21. The lowest BCUT2D eigenvalue weighted by atomic mass is 9.81. The van der Waals surface area contributed by atoms with Crippen LogP contribution in [0.15, 0.2) is 18.3 Å². The van der Waals surface area contributed by atoms with Crippen LogP contribution in [0.5, 0.6) is 0 Å². The van der Waals surface area contributed by atoms with E-state index in [2.05, 4.69) is 4.98 Å². The van der Waals surface area contributed by atoms with Gasteiger partial charge in [0.2, 0.25) is 5.79 Å². The van der Waals surface area contributed by atoms with Crippen molar-refractivity contribution in [1.82, 2.24) is 4.98 Å². The molecule has 0 saturated carbocycles. The van der Waals surface area contributed by atoms with Crippen LogP contribution < -0.4 is 5.46 Å². The highest BCUT2D eigenvalue weighted by Crippen LogP contribution is 2.28. The van der Waals surface area contributed by atoms with Crippen LogP contribution >= 0.6 is 0 Å². The van der Waals surface area contributed by atoms with E-state index in [1.807, 2.05) is 0 Å². The average molecular weight is 209 g/mol. The van der Waals surface area contributed by atoms with Crippen molar-refractivity contribution in [3.8, 4) is 0 Å². The van der Waals surface area contributed by atoms with E-state index >= 15 is 0 Å². The predicted molar refractivity (Wildman–Crippen MR) is 53.3 cm³/mol. The molecule has 1 fully saturated rings. The largest absolute Gasteiger partial charge is 0.490 e. The van der Waals surface area contributed by atoms with Crippen molar-refractivity contribution in [3.63, 3.8) is 0 Å². The van der Waals surface area contributed by atoms with Crippen molar-refractivity contribution < 1.29 is 19.5 Å². The first-order valence-electron chi connectivity index (χ1n) is 4.72. The van der Waals surface area contributed by atoms with Gasteiger partial charge in [-0.25, -0.2) is 0 Å². The Morgan fingerprint density at radius 2 is 2.00 bits per heavy atom. The van der Waals surface area contributed by atoms with E-state index in [-0.39, 0.29) is 0 Å². The molecule has 2 rings (SSSR count). The minimum Gasteiger partial charge on any atom is -0.423 e. The minimum atomic E-state index is -1.50. The molecule has 0 bridgehead atoms. The zero-order chi connectivity index (χ0) is 10.9. The Balaban J connectivity index is 2.23. The molecular weight excluding hydrogens is 197 g/mol. The molecule has 6 heteroatoms. The van der Waals surface area contributed by atoms with E-state index in [1.54, 1.807) is 19.1 Å². The van der Waals surface area contributed by atoms with Crippen molar-refractivity contribution in [1.29, 1.82) is 0 Å². The molecule has 0 spiro atoms. The van der Waals surface area contributed by atoms with Crippen LogP contribution in [-0.4, -0.2) is 35.4 Å². The summed E-state index contributed by atoms with van der Waals surface area (Å²) in [6.07, 6.45) is 1.40. The van der Waals surface area contributed by atoms with Crippen molar-refractivity contribution >= 4 is 12.6 Å². The molecule has 0 aliphatic carbocycles. The zero-order valence-corrected chi connectivity index (χ0v) is 8.38. The number of rotatable bonds is 2. The maximum Gasteiger partial charge on any atom is 0.490 e. The van der Waals surface area contributed by atoms with Crippen LogP contribution in [0.2, 0.25) is 0 Å². The average Bonchev–Trinajstić information content (AvgIpc) is 2.67. The van der Waals surface area contributed by atoms with Crippen LogP contribution in [0.3, 0.4) is 0 Å². The summed E-state index contributed by atoms with van der Waals surface area (Å²) >= 11 is 0. The fourth-order valence-corrected chi connectivity index (χ4v) is 1.49. The van der Waals surface area contributed by atoms with E-state index in [1.165, 1.54) is 6.20 Å². The summed E-state index contributed by atoms with van der Waals surface area (Å²) in [5.74, 6) is -0.807. The van der Waals surface area contributed by atoms with E-state index in [0.717, 1.165) is 0 Å². The number of ether oxygens (including phenoxy) is 2. The third-order valence-electron chi connectivity index (χ3n) is 2.39. The molecule has 0 unspecified atom stereocenters. The first kappa shape index (κ1) is 10.6. The van der Waals surface area contributed by atoms with E-state index < -0.39 is 12.9 Å². The Hall–Kier alpha value is -0.945. The summed E-state index contributed by atoms with van der Waals surface area (Å²) in [7, 11) is -1.50. The Morgan fingerprint density at radius 3 is 2.47 bits per heavy atom. The number of aromatic nitrogens is 1. The lowest BCUT2D eigenvalue weighted by molar-refractivity contribution is -0.152. The standard InChI is InChI=1S/C9H12BNO4/c1-9(14-4-5-15-9)8-3-2-7(6-11-8)10(12)13/h2-3,6,12-13H,4-5H2,1H3. The summed E-state index contributed by atoms with van der Waals surface area (Å²) in [4.78, 5) is 4.08. The van der Waals surface area contributed by atoms with Gasteiger partial charge in [-0.2, -0.15) is 0 Å². The molecule has 1 aliphatic heterocycles. The molecule has 0 aromatic carbocycles. The highest BCUT2D eigenvalue weighted by molar-refractivity contribution is 6.58. The van der Waals surface area contributed by atoms with Gasteiger partial charge >= 0.3 is 7.12 Å². The predicted octanol–water partition coefficient (Wildman–Crippen LogP) is -1.02. The second-order valence-electron chi connectivity index (χ2n) is 3.49. The van der Waals surface area contributed by atoms with Crippen LogP contribution in [0.4, 0.5) is 0 Å². The topological polar surface area (TPSA) is 71.8 Å². The second kappa shape index (κ2) is 3.90. The van der Waals surface area contributed by atoms with Gasteiger partial charge < -0.3 is 19.5 Å². The molecule has 15 heavy (non-hydrogen) atoms. The second-order valence-corrected chi connectivity index (χ2v) is 3.49. The smallest absolute Gasteiger partial charge is 0.423 e. The number of pyridine rings is 1. The molecule has 80 valence electrons. The van der Waals surface area contributed by atoms with Gasteiger partial charge in [0.1, 0.15) is 0 Å². The maximum atomic E-state index is 8.90. The third kappa shape index (κ3) is 2.03. The molecule has 0 amide bonds. The summed E-state index contributed by atoms with van der Waals surface area (Å²) in [5, 5.41) is 17.8. The summed E-state index contributed by atoms with van der Waals surface area (Å²) in [6.45, 7) is 2.88. The van der Waals surface area contributed by atoms with Gasteiger partial charge in [-0.15, -0.1) is 0 Å². The monoisotopic (exact) mass is 209 g/mol. The Kier molecular flexibility index (Phi) is 2.75. The highest BCUT2D eigenvalue weighted by atomic mass is 16.7. The molecule has 5 nitrogen and oxygen atoms in total. The van der Waals surface area contributed by atoms with Gasteiger partial charge in [0.25, 0.3) is 0 Å². The Morgan fingerprint density at radius 1 is 1.33 bits per heavy atom. The Labute approximate surface area is 87.8 Å². The Bertz CT molecular complexity index is 334. The zero-order valence-electron chi connectivity index (χ0n) is 8.38. The molecule has 0 radical (unpaired) electrons. The number of hydrogen-bond donors (Lipinski definition) is 2. The van der Waals surface area contributed by atoms with Gasteiger partial charge in [0.15, 0.2) is 0 Å². The van der Waals surface area contributed by atoms with Gasteiger partial charge in [0, 0.05) is 11.7 Å². The molecule has 1 aromatic rings. The summed E-state index contributed by atoms with van der Waals surface area (Å²) in [5.41, 5.74) is 0.977. The van der Waals surface area contributed by atoms with Gasteiger partial charge in [-0.3, -0.25) is 4.98 Å². The molecule has 2 heterocycles. The fourth-order valence-electron chi connectivity index (χ4n) is 1.49. The van der Waals surface area contributed by atoms with Crippen LogP contribution in [0.1, 0.15) is 12.6 Å². The SMILES string of the molecule is CC1(c2ccc(B(O)O)cn2)OCCO1. The van der Waals surface area contributed by atoms with Gasteiger partial charge in [-0.05, 0) is 13.0 Å². The van der Waals surface area contributed by atoms with Crippen molar-refractivity contribution in [2.24, 2.45) is 0 Å². The van der Waals surface area contributed by atoms with E-state index in [0.29, 0.717) is 24.4 Å². The molecule has 1 aliphatic rings. The minimum absolute atomic E-state index is 0.348. The highest BCUT2D eigenvalue weighted by Gasteiger charge is 2.34. The molecular formula is C9H12BNO4. The normalized spacial score (nSPS) is 19.1. The maximum absolute atomic E-state index is 8.90. The first-order valence-corrected chi connectivity index (χ1v) is 4.72. The molecule has 1 aromatic heterocycles. The van der Waals surface area contributed by atoms with Crippen molar-refractivity contribution in [3.05, 3.63) is 24.0 Å². The third-order valence-corrected chi connectivity index (χ3v) is 2.39. The van der Waals surface area contributed by atoms with Crippen molar-refractivity contribution in [2.45, 2.75) is 12.7 Å². The van der Waals surface area contributed by atoms with Crippen LogP contribution in [0.25, 0.3) is 0 Å². The van der Waals surface area contributed by atoms with Gasteiger partial charge in [0.05, 0.1) is 18.9 Å². The van der Waals surface area contributed by atoms with Gasteiger partial charge in [-0.1, -0.05) is 6.07 Å². The fraction of sp³-hybridized carbons (Fsp3) is 0.444. The number of hydrogen-bond acceptors (Lipinski definition) is 5. The van der Waals surface area contributed by atoms with E-state index in [9.17, 15) is 0 Å². The van der Waals surface area contributed by atoms with Crippen molar-refractivity contribution in [2.75, 3.05) is 13.2 Å². The molecule has 0 atom stereocenters. The summed E-state index contributed by atoms with van der Waals surface area (Å²) < 4.78 is 10.8. The van der Waals surface area contributed by atoms with E-state index in [4.69, 9.17) is 19.5 Å². The lowest BCUT2D eigenvalue weighted by Crippen LogP contribution is -2.32. The first-order chi connectivity index (χ1) is 7.12.